The Hall–Kier alpha value is -0.630. The van der Waals surface area contributed by atoms with Crippen LogP contribution >= 0.6 is 35.3 Å². The first kappa shape index (κ1) is 18.4. The van der Waals surface area contributed by atoms with E-state index < -0.39 is 0 Å². The van der Waals surface area contributed by atoms with Crippen molar-refractivity contribution in [3.05, 3.63) is 28.7 Å². The van der Waals surface area contributed by atoms with Crippen molar-refractivity contribution >= 4 is 41.3 Å². The fourth-order valence-corrected chi connectivity index (χ4v) is 2.34. The van der Waals surface area contributed by atoms with Crippen molar-refractivity contribution in [1.29, 1.82) is 0 Å². The number of aryl methyl sites for hydroxylation is 1. The summed E-state index contributed by atoms with van der Waals surface area (Å²) in [5, 5.41) is 3.36. The van der Waals surface area contributed by atoms with Crippen LogP contribution in [0.1, 0.15) is 23.4 Å². The average Bonchev–Trinajstić information content (AvgIpc) is 2.76. The molecule has 1 N–H and O–H groups in total. The van der Waals surface area contributed by atoms with Gasteiger partial charge in [0, 0.05) is 25.5 Å². The number of hydrogen-bond acceptors (Lipinski definition) is 3. The summed E-state index contributed by atoms with van der Waals surface area (Å²) in [6.45, 7) is 7.53. The normalized spacial score (nSPS) is 10.8. The minimum atomic E-state index is 0. The third-order valence-corrected chi connectivity index (χ3v) is 3.66. The molecule has 1 aromatic heterocycles. The summed E-state index contributed by atoms with van der Waals surface area (Å²) >= 11 is 1.67. The molecule has 1 heterocycles. The molecule has 6 heteroatoms. The van der Waals surface area contributed by atoms with Gasteiger partial charge in [-0.15, -0.1) is 41.9 Å². The van der Waals surface area contributed by atoms with Gasteiger partial charge < -0.3 is 10.2 Å². The number of nitrogens with zero attached hydrogens (tertiary/aromatic N) is 3. The zero-order valence-electron chi connectivity index (χ0n) is 11.8. The summed E-state index contributed by atoms with van der Waals surface area (Å²) in [5.74, 6) is 0.923. The van der Waals surface area contributed by atoms with Gasteiger partial charge in [-0.25, -0.2) is 4.98 Å². The van der Waals surface area contributed by atoms with E-state index >= 15 is 0 Å². The highest BCUT2D eigenvalue weighted by molar-refractivity contribution is 14.0. The molecule has 19 heavy (non-hydrogen) atoms. The molecule has 0 aliphatic carbocycles. The minimum Gasteiger partial charge on any atom is -0.351 e. The molecule has 0 aromatic carbocycles. The predicted molar refractivity (Wildman–Crippen MR) is 94.5 cm³/mol. The van der Waals surface area contributed by atoms with Crippen LogP contribution in [0.3, 0.4) is 0 Å². The highest BCUT2D eigenvalue weighted by Crippen LogP contribution is 2.11. The minimum absolute atomic E-state index is 0. The van der Waals surface area contributed by atoms with Gasteiger partial charge in [0.2, 0.25) is 0 Å². The summed E-state index contributed by atoms with van der Waals surface area (Å²) in [5.41, 5.74) is 2.97. The van der Waals surface area contributed by atoms with Crippen LogP contribution in [0.15, 0.2) is 23.2 Å². The lowest BCUT2D eigenvalue weighted by molar-refractivity contribution is 0.470. The van der Waals surface area contributed by atoms with E-state index in [1.165, 1.54) is 4.88 Å². The number of halogens is 1. The molecule has 0 radical (unpaired) electrons. The molecule has 108 valence electrons. The van der Waals surface area contributed by atoms with Gasteiger partial charge in [0.15, 0.2) is 5.96 Å². The van der Waals surface area contributed by atoms with Crippen LogP contribution < -0.4 is 5.32 Å². The number of guanidine groups is 1. The Labute approximate surface area is 137 Å². The van der Waals surface area contributed by atoms with Gasteiger partial charge in [-0.1, -0.05) is 6.08 Å². The molecule has 4 nitrogen and oxygen atoms in total. The standard InChI is InChI=1S/C13H22N4S.HI/c1-5-6-7-8-17(4)13(14-3)15-9-12-11(2)16-10-18-12;/h5,10H,1,6-9H2,2-4H3,(H,14,15);1H. The largest absolute Gasteiger partial charge is 0.351 e. The third kappa shape index (κ3) is 6.38. The van der Waals surface area contributed by atoms with Crippen molar-refractivity contribution in [3.63, 3.8) is 0 Å². The molecule has 0 unspecified atom stereocenters. The zero-order valence-corrected chi connectivity index (χ0v) is 15.0. The van der Waals surface area contributed by atoms with Gasteiger partial charge in [0.25, 0.3) is 0 Å². The summed E-state index contributed by atoms with van der Waals surface area (Å²) in [4.78, 5) is 11.9. The highest BCUT2D eigenvalue weighted by Gasteiger charge is 2.06. The molecule has 0 amide bonds. The molecule has 0 spiro atoms. The van der Waals surface area contributed by atoms with Gasteiger partial charge in [0.05, 0.1) is 17.7 Å². The van der Waals surface area contributed by atoms with Crippen LogP contribution in [0.2, 0.25) is 0 Å². The van der Waals surface area contributed by atoms with Crippen molar-refractivity contribution in [2.45, 2.75) is 26.3 Å². The third-order valence-electron chi connectivity index (χ3n) is 2.73. The number of thiazole rings is 1. The Balaban J connectivity index is 0.00000324. The number of aromatic nitrogens is 1. The first-order chi connectivity index (χ1) is 8.69. The maximum Gasteiger partial charge on any atom is 0.193 e. The monoisotopic (exact) mass is 394 g/mol. The van der Waals surface area contributed by atoms with Crippen molar-refractivity contribution < 1.29 is 0 Å². The van der Waals surface area contributed by atoms with Crippen LogP contribution in [0.4, 0.5) is 0 Å². The van der Waals surface area contributed by atoms with E-state index in [0.29, 0.717) is 0 Å². The summed E-state index contributed by atoms with van der Waals surface area (Å²) in [6, 6.07) is 0. The molecule has 1 rings (SSSR count). The van der Waals surface area contributed by atoms with Crippen LogP contribution in [0.5, 0.6) is 0 Å². The van der Waals surface area contributed by atoms with E-state index in [1.54, 1.807) is 11.3 Å². The summed E-state index contributed by atoms with van der Waals surface area (Å²) in [7, 11) is 3.86. The Bertz CT molecular complexity index is 403. The van der Waals surface area contributed by atoms with Crippen LogP contribution in [0, 0.1) is 6.92 Å². The first-order valence-corrected chi connectivity index (χ1v) is 6.98. The lowest BCUT2D eigenvalue weighted by Gasteiger charge is -2.21. The Kier molecular flexibility index (Phi) is 9.85. The molecule has 0 fully saturated rings. The van der Waals surface area contributed by atoms with Gasteiger partial charge in [-0.3, -0.25) is 4.99 Å². The number of hydrogen-bond donors (Lipinski definition) is 1. The van der Waals surface area contributed by atoms with Crippen molar-refractivity contribution in [2.75, 3.05) is 20.6 Å². The molecule has 0 bridgehead atoms. The van der Waals surface area contributed by atoms with Crippen LogP contribution in [-0.4, -0.2) is 36.5 Å². The van der Waals surface area contributed by atoms with E-state index in [1.807, 2.05) is 25.6 Å². The highest BCUT2D eigenvalue weighted by atomic mass is 127. The SMILES string of the molecule is C=CCCCN(C)C(=NC)NCc1scnc1C.I. The molecule has 0 saturated heterocycles. The number of nitrogens with one attached hydrogen (secondary N) is 1. The van der Waals surface area contributed by atoms with Gasteiger partial charge >= 0.3 is 0 Å². The van der Waals surface area contributed by atoms with Crippen molar-refractivity contribution in [1.82, 2.24) is 15.2 Å². The second-order valence-corrected chi connectivity index (χ2v) is 5.05. The number of aliphatic imine (C=N–C) groups is 1. The smallest absolute Gasteiger partial charge is 0.193 e. The fraction of sp³-hybridized carbons (Fsp3) is 0.538. The lowest BCUT2D eigenvalue weighted by Crippen LogP contribution is -2.38. The molecular formula is C13H23IN4S. The maximum absolute atomic E-state index is 4.29. The van der Waals surface area contributed by atoms with Gasteiger partial charge in [-0.2, -0.15) is 0 Å². The Morgan fingerprint density at radius 1 is 1.63 bits per heavy atom. The molecule has 0 saturated carbocycles. The van der Waals surface area contributed by atoms with Crippen LogP contribution in [0.25, 0.3) is 0 Å². The fourth-order valence-electron chi connectivity index (χ4n) is 1.62. The zero-order chi connectivity index (χ0) is 13.4. The summed E-state index contributed by atoms with van der Waals surface area (Å²) in [6.07, 6.45) is 4.08. The molecule has 1 aromatic rings. The maximum atomic E-state index is 4.29. The van der Waals surface area contributed by atoms with E-state index in [0.717, 1.165) is 37.6 Å². The second-order valence-electron chi connectivity index (χ2n) is 4.11. The molecule has 0 aliphatic rings. The number of allylic oxidation sites excluding steroid dienone is 1. The van der Waals surface area contributed by atoms with Crippen LogP contribution in [-0.2, 0) is 6.54 Å². The molecule has 0 aliphatic heterocycles. The van der Waals surface area contributed by atoms with E-state index in [2.05, 4.69) is 33.8 Å². The quantitative estimate of drug-likeness (QED) is 0.265. The first-order valence-electron chi connectivity index (χ1n) is 6.10. The Morgan fingerprint density at radius 3 is 2.89 bits per heavy atom. The predicted octanol–water partition coefficient (Wildman–Crippen LogP) is 3.04. The van der Waals surface area contributed by atoms with Crippen molar-refractivity contribution in [3.8, 4) is 0 Å². The topological polar surface area (TPSA) is 40.5 Å². The number of unbranched alkanes of at least 4 members (excludes halogenated alkanes) is 1. The second kappa shape index (κ2) is 10.2. The lowest BCUT2D eigenvalue weighted by atomic mass is 10.3. The average molecular weight is 394 g/mol. The van der Waals surface area contributed by atoms with E-state index in [-0.39, 0.29) is 24.0 Å². The molecular weight excluding hydrogens is 371 g/mol. The van der Waals surface area contributed by atoms with Gasteiger partial charge in [-0.05, 0) is 19.8 Å². The Morgan fingerprint density at radius 2 is 2.37 bits per heavy atom. The number of rotatable bonds is 6. The van der Waals surface area contributed by atoms with Gasteiger partial charge in [0.1, 0.15) is 0 Å². The van der Waals surface area contributed by atoms with E-state index in [9.17, 15) is 0 Å². The molecule has 0 atom stereocenters. The summed E-state index contributed by atoms with van der Waals surface area (Å²) < 4.78 is 0. The van der Waals surface area contributed by atoms with E-state index in [4.69, 9.17) is 0 Å². The van der Waals surface area contributed by atoms with Crippen molar-refractivity contribution in [2.24, 2.45) is 4.99 Å².